The van der Waals surface area contributed by atoms with Gasteiger partial charge in [0.1, 0.15) is 16.3 Å². The minimum atomic E-state index is -4.40. The number of thiazole rings is 1. The predicted octanol–water partition coefficient (Wildman–Crippen LogP) is 4.50. The highest BCUT2D eigenvalue weighted by molar-refractivity contribution is 7.19. The summed E-state index contributed by atoms with van der Waals surface area (Å²) < 4.78 is 42.7. The van der Waals surface area contributed by atoms with E-state index in [1.165, 1.54) is 37.1 Å². The molecule has 0 aromatic carbocycles. The molecule has 12 heteroatoms. The Kier molecular flexibility index (Phi) is 5.75. The van der Waals surface area contributed by atoms with Crippen molar-refractivity contribution in [1.29, 1.82) is 0 Å². The second-order valence-corrected chi connectivity index (χ2v) is 10.8. The highest BCUT2D eigenvalue weighted by atomic mass is 32.1. The normalized spacial score (nSPS) is 17.4. The van der Waals surface area contributed by atoms with Gasteiger partial charge in [-0.15, -0.1) is 0 Å². The molecule has 0 spiro atoms. The smallest absolute Gasteiger partial charge is 0.359 e. The van der Waals surface area contributed by atoms with Crippen molar-refractivity contribution in [2.24, 2.45) is 5.92 Å². The second-order valence-electron chi connectivity index (χ2n) is 9.80. The van der Waals surface area contributed by atoms with Crippen LogP contribution in [0.1, 0.15) is 29.7 Å². The fraction of sp³-hybridized carbons (Fsp3) is 0.500. The average Bonchev–Trinajstić information content (AvgIpc) is 3.18. The maximum absolute atomic E-state index is 13.7. The molecule has 0 amide bonds. The standard InChI is InChI=1S/C24H27F3N8S/c1-14-9-17(12-35-21(14)28-13-29-35)19-18(10-24(25,26)27)20(32-31-19)22-30-15(2)23(36-22)34-7-5-33(6-8-34)11-16-3-4-16/h9,12-13,16H,3-8,10-11H2,1-2H3,(H,31,32). The van der Waals surface area contributed by atoms with Gasteiger partial charge < -0.3 is 4.90 Å². The number of aromatic amines is 1. The third-order valence-electron chi connectivity index (χ3n) is 6.94. The number of piperazine rings is 1. The van der Waals surface area contributed by atoms with Crippen LogP contribution in [0, 0.1) is 19.8 Å². The number of hydrogen-bond acceptors (Lipinski definition) is 7. The zero-order chi connectivity index (χ0) is 25.0. The first kappa shape index (κ1) is 23.4. The van der Waals surface area contributed by atoms with Gasteiger partial charge in [-0.25, -0.2) is 14.5 Å². The number of pyridine rings is 1. The Balaban J connectivity index is 1.33. The van der Waals surface area contributed by atoms with Crippen molar-refractivity contribution in [3.63, 3.8) is 0 Å². The number of nitrogens with one attached hydrogen (secondary N) is 1. The summed E-state index contributed by atoms with van der Waals surface area (Å²) in [4.78, 5) is 13.7. The van der Waals surface area contributed by atoms with Crippen molar-refractivity contribution < 1.29 is 13.2 Å². The predicted molar refractivity (Wildman–Crippen MR) is 132 cm³/mol. The molecule has 1 aliphatic heterocycles. The number of hydrogen-bond donors (Lipinski definition) is 1. The van der Waals surface area contributed by atoms with E-state index in [-0.39, 0.29) is 11.3 Å². The van der Waals surface area contributed by atoms with Crippen molar-refractivity contribution >= 4 is 22.0 Å². The third kappa shape index (κ3) is 4.59. The molecule has 190 valence electrons. The van der Waals surface area contributed by atoms with Gasteiger partial charge >= 0.3 is 6.18 Å². The SMILES string of the molecule is Cc1nc(-c2[nH]nc(-c3cc(C)c4ncnn4c3)c2CC(F)(F)F)sc1N1CCN(CC2CC2)CC1. The van der Waals surface area contributed by atoms with Crippen LogP contribution in [-0.2, 0) is 6.42 Å². The average molecular weight is 517 g/mol. The van der Waals surface area contributed by atoms with E-state index in [0.29, 0.717) is 21.9 Å². The van der Waals surface area contributed by atoms with Crippen LogP contribution in [-0.4, -0.2) is 73.6 Å². The van der Waals surface area contributed by atoms with Gasteiger partial charge in [0.15, 0.2) is 5.65 Å². The maximum Gasteiger partial charge on any atom is 0.393 e. The zero-order valence-corrected chi connectivity index (χ0v) is 21.0. The summed E-state index contributed by atoms with van der Waals surface area (Å²) in [5.41, 5.74) is 3.52. The van der Waals surface area contributed by atoms with Gasteiger partial charge in [0.2, 0.25) is 0 Å². The van der Waals surface area contributed by atoms with Gasteiger partial charge in [-0.05, 0) is 44.2 Å². The second kappa shape index (κ2) is 8.84. The lowest BCUT2D eigenvalue weighted by Gasteiger charge is -2.35. The molecule has 4 aromatic rings. The van der Waals surface area contributed by atoms with E-state index in [1.54, 1.807) is 16.8 Å². The van der Waals surface area contributed by atoms with Crippen molar-refractivity contribution in [1.82, 2.24) is 34.7 Å². The molecule has 0 unspecified atom stereocenters. The van der Waals surface area contributed by atoms with E-state index in [4.69, 9.17) is 0 Å². The van der Waals surface area contributed by atoms with Crippen LogP contribution in [0.2, 0.25) is 0 Å². The number of alkyl halides is 3. The molecule has 36 heavy (non-hydrogen) atoms. The summed E-state index contributed by atoms with van der Waals surface area (Å²) in [7, 11) is 0. The number of rotatable bonds is 6. The van der Waals surface area contributed by atoms with Crippen LogP contribution in [0.25, 0.3) is 27.6 Å². The molecular formula is C24H27F3N8S. The van der Waals surface area contributed by atoms with Gasteiger partial charge in [0.25, 0.3) is 0 Å². The molecule has 0 atom stereocenters. The number of aryl methyl sites for hydroxylation is 2. The molecular weight excluding hydrogens is 489 g/mol. The van der Waals surface area contributed by atoms with Gasteiger partial charge in [-0.3, -0.25) is 10.00 Å². The van der Waals surface area contributed by atoms with E-state index in [2.05, 4.69) is 35.1 Å². The fourth-order valence-corrected chi connectivity index (χ4v) is 6.11. The number of anilines is 1. The Labute approximate surface area is 210 Å². The summed E-state index contributed by atoms with van der Waals surface area (Å²) in [6.45, 7) is 8.76. The molecule has 1 aliphatic carbocycles. The molecule has 0 radical (unpaired) electrons. The van der Waals surface area contributed by atoms with Crippen LogP contribution in [0.5, 0.6) is 0 Å². The van der Waals surface area contributed by atoms with Gasteiger partial charge in [0.05, 0.1) is 23.5 Å². The summed E-state index contributed by atoms with van der Waals surface area (Å²) in [5.74, 6) is 0.865. The summed E-state index contributed by atoms with van der Waals surface area (Å²) >= 11 is 1.43. The van der Waals surface area contributed by atoms with Crippen LogP contribution in [0.4, 0.5) is 18.2 Å². The van der Waals surface area contributed by atoms with Crippen molar-refractivity contribution in [3.8, 4) is 22.0 Å². The Morgan fingerprint density at radius 3 is 2.64 bits per heavy atom. The number of aromatic nitrogens is 6. The quantitative estimate of drug-likeness (QED) is 0.407. The third-order valence-corrected chi connectivity index (χ3v) is 8.17. The lowest BCUT2D eigenvalue weighted by atomic mass is 10.0. The first-order chi connectivity index (χ1) is 17.2. The molecule has 2 fully saturated rings. The monoisotopic (exact) mass is 516 g/mol. The van der Waals surface area contributed by atoms with Crippen LogP contribution in [0.15, 0.2) is 18.6 Å². The number of halogens is 3. The number of H-pyrrole nitrogens is 1. The summed E-state index contributed by atoms with van der Waals surface area (Å²) in [6.07, 6.45) is 0.273. The lowest BCUT2D eigenvalue weighted by molar-refractivity contribution is -0.127. The number of fused-ring (bicyclic) bond motifs is 1. The first-order valence-corrected chi connectivity index (χ1v) is 13.0. The van der Waals surface area contributed by atoms with Crippen molar-refractivity contribution in [2.75, 3.05) is 37.6 Å². The minimum absolute atomic E-state index is 0.0934. The lowest BCUT2D eigenvalue weighted by Crippen LogP contribution is -2.46. The minimum Gasteiger partial charge on any atom is -0.359 e. The van der Waals surface area contributed by atoms with E-state index in [1.807, 2.05) is 13.8 Å². The van der Waals surface area contributed by atoms with Crippen LogP contribution >= 0.6 is 11.3 Å². The molecule has 5 heterocycles. The zero-order valence-electron chi connectivity index (χ0n) is 20.1. The van der Waals surface area contributed by atoms with E-state index >= 15 is 0 Å². The van der Waals surface area contributed by atoms with Crippen LogP contribution < -0.4 is 4.90 Å². The molecule has 0 bridgehead atoms. The summed E-state index contributed by atoms with van der Waals surface area (Å²) in [5, 5.41) is 12.9. The molecule has 8 nitrogen and oxygen atoms in total. The topological polar surface area (TPSA) is 78.2 Å². The van der Waals surface area contributed by atoms with Gasteiger partial charge in [0, 0.05) is 50.0 Å². The van der Waals surface area contributed by atoms with Gasteiger partial charge in [-0.2, -0.15) is 23.4 Å². The molecule has 1 saturated heterocycles. The highest BCUT2D eigenvalue weighted by Gasteiger charge is 2.34. The van der Waals surface area contributed by atoms with Gasteiger partial charge in [-0.1, -0.05) is 11.3 Å². The molecule has 4 aromatic heterocycles. The Morgan fingerprint density at radius 1 is 1.14 bits per heavy atom. The largest absolute Gasteiger partial charge is 0.393 e. The molecule has 6 rings (SSSR count). The van der Waals surface area contributed by atoms with E-state index < -0.39 is 12.6 Å². The van der Waals surface area contributed by atoms with Crippen molar-refractivity contribution in [2.45, 2.75) is 39.3 Å². The fourth-order valence-electron chi connectivity index (χ4n) is 4.96. The maximum atomic E-state index is 13.7. The highest BCUT2D eigenvalue weighted by Crippen LogP contribution is 2.40. The Hall–Kier alpha value is -2.99. The van der Waals surface area contributed by atoms with E-state index in [9.17, 15) is 13.2 Å². The van der Waals surface area contributed by atoms with E-state index in [0.717, 1.165) is 48.4 Å². The Morgan fingerprint density at radius 2 is 1.92 bits per heavy atom. The molecule has 1 N–H and O–H groups in total. The summed E-state index contributed by atoms with van der Waals surface area (Å²) in [6, 6.07) is 1.80. The molecule has 1 saturated carbocycles. The Bertz CT molecular complexity index is 1390. The van der Waals surface area contributed by atoms with Crippen molar-refractivity contribution in [3.05, 3.63) is 35.4 Å². The number of nitrogens with zero attached hydrogens (tertiary/aromatic N) is 7. The molecule has 2 aliphatic rings. The van der Waals surface area contributed by atoms with Crippen LogP contribution in [0.3, 0.4) is 0 Å². The first-order valence-electron chi connectivity index (χ1n) is 12.1.